The molecule has 1 spiro atoms. The summed E-state index contributed by atoms with van der Waals surface area (Å²) >= 11 is 1.97. The number of carbonyl (C=O) groups is 1. The molecule has 2 atom stereocenters. The standard InChI is InChI=1S/C19H26N2O2S/c22-17(20-16-7-11-23-18(13-16)10-12-24-14-18)21-19(8-4-9-19)15-5-2-1-3-6-15/h1-3,5-6,16H,4,7-14H2,(H2,20,21,22)/t16-,18+/m1/s1. The van der Waals surface area contributed by atoms with Crippen molar-refractivity contribution in [2.24, 2.45) is 0 Å². The number of amides is 2. The van der Waals surface area contributed by atoms with Crippen molar-refractivity contribution in [2.75, 3.05) is 18.1 Å². The van der Waals surface area contributed by atoms with Gasteiger partial charge in [0.1, 0.15) is 0 Å². The minimum Gasteiger partial charge on any atom is -0.374 e. The Hall–Kier alpha value is -1.20. The van der Waals surface area contributed by atoms with E-state index in [4.69, 9.17) is 4.74 Å². The number of hydrogen-bond acceptors (Lipinski definition) is 3. The van der Waals surface area contributed by atoms with Gasteiger partial charge in [0.25, 0.3) is 0 Å². The van der Waals surface area contributed by atoms with Crippen molar-refractivity contribution < 1.29 is 9.53 Å². The van der Waals surface area contributed by atoms with E-state index in [-0.39, 0.29) is 23.2 Å². The largest absolute Gasteiger partial charge is 0.374 e. The van der Waals surface area contributed by atoms with Gasteiger partial charge >= 0.3 is 6.03 Å². The van der Waals surface area contributed by atoms with E-state index in [1.807, 2.05) is 17.8 Å². The van der Waals surface area contributed by atoms with E-state index in [0.29, 0.717) is 0 Å². The Morgan fingerprint density at radius 2 is 2.04 bits per heavy atom. The highest BCUT2D eigenvalue weighted by Crippen LogP contribution is 2.41. The van der Waals surface area contributed by atoms with Gasteiger partial charge in [-0.15, -0.1) is 0 Å². The topological polar surface area (TPSA) is 50.4 Å². The minimum absolute atomic E-state index is 0.00838. The summed E-state index contributed by atoms with van der Waals surface area (Å²) in [7, 11) is 0. The third-order valence-corrected chi connectivity index (χ3v) is 7.00. The summed E-state index contributed by atoms with van der Waals surface area (Å²) in [4.78, 5) is 12.6. The van der Waals surface area contributed by atoms with E-state index in [9.17, 15) is 4.79 Å². The monoisotopic (exact) mass is 346 g/mol. The van der Waals surface area contributed by atoms with Gasteiger partial charge in [0.15, 0.2) is 0 Å². The molecule has 0 unspecified atom stereocenters. The maximum atomic E-state index is 12.6. The van der Waals surface area contributed by atoms with Crippen molar-refractivity contribution in [3.63, 3.8) is 0 Å². The average molecular weight is 346 g/mol. The summed E-state index contributed by atoms with van der Waals surface area (Å²) in [6.45, 7) is 0.759. The smallest absolute Gasteiger partial charge is 0.315 e. The van der Waals surface area contributed by atoms with E-state index >= 15 is 0 Å². The molecule has 3 aliphatic rings. The SMILES string of the molecule is O=C(N[C@@H]1CCO[C@@]2(CCSC2)C1)NC1(c2ccccc2)CCC1. The molecule has 24 heavy (non-hydrogen) atoms. The van der Waals surface area contributed by atoms with Crippen LogP contribution in [0.1, 0.15) is 44.1 Å². The summed E-state index contributed by atoms with van der Waals surface area (Å²) < 4.78 is 6.05. The maximum Gasteiger partial charge on any atom is 0.315 e. The first-order chi connectivity index (χ1) is 11.7. The molecule has 1 aromatic carbocycles. The van der Waals surface area contributed by atoms with Crippen LogP contribution in [-0.4, -0.2) is 35.8 Å². The highest BCUT2D eigenvalue weighted by Gasteiger charge is 2.43. The molecule has 130 valence electrons. The molecule has 2 amide bonds. The Balaban J connectivity index is 1.38. The van der Waals surface area contributed by atoms with Crippen LogP contribution in [0.3, 0.4) is 0 Å². The van der Waals surface area contributed by atoms with Crippen molar-refractivity contribution >= 4 is 17.8 Å². The molecule has 2 aliphatic heterocycles. The van der Waals surface area contributed by atoms with Gasteiger partial charge in [-0.05, 0) is 49.8 Å². The van der Waals surface area contributed by atoms with Crippen LogP contribution in [0.2, 0.25) is 0 Å². The zero-order valence-corrected chi connectivity index (χ0v) is 14.9. The molecule has 4 rings (SSSR count). The average Bonchev–Trinajstić information content (AvgIpc) is 2.99. The zero-order valence-electron chi connectivity index (χ0n) is 14.1. The molecule has 1 aromatic rings. The van der Waals surface area contributed by atoms with Crippen molar-refractivity contribution in [1.82, 2.24) is 10.6 Å². The van der Waals surface area contributed by atoms with Crippen LogP contribution in [-0.2, 0) is 10.3 Å². The first kappa shape index (κ1) is 16.3. The first-order valence-corrected chi connectivity index (χ1v) is 10.2. The Morgan fingerprint density at radius 1 is 1.21 bits per heavy atom. The summed E-state index contributed by atoms with van der Waals surface area (Å²) in [5.74, 6) is 2.25. The number of thioether (sulfide) groups is 1. The fraction of sp³-hybridized carbons (Fsp3) is 0.632. The van der Waals surface area contributed by atoms with Crippen LogP contribution in [0.4, 0.5) is 4.79 Å². The lowest BCUT2D eigenvalue weighted by molar-refractivity contribution is -0.0685. The molecule has 5 heteroatoms. The highest BCUT2D eigenvalue weighted by atomic mass is 32.2. The van der Waals surface area contributed by atoms with Crippen LogP contribution < -0.4 is 10.6 Å². The molecule has 0 aromatic heterocycles. The zero-order chi connectivity index (χ0) is 16.5. The van der Waals surface area contributed by atoms with Gasteiger partial charge in [-0.1, -0.05) is 30.3 Å². The van der Waals surface area contributed by atoms with E-state index in [0.717, 1.165) is 44.5 Å². The normalized spacial score (nSPS) is 31.4. The van der Waals surface area contributed by atoms with Gasteiger partial charge in [-0.3, -0.25) is 0 Å². The van der Waals surface area contributed by atoms with Gasteiger partial charge in [0, 0.05) is 18.4 Å². The number of nitrogens with one attached hydrogen (secondary N) is 2. The predicted octanol–water partition coefficient (Wildman–Crippen LogP) is 3.42. The van der Waals surface area contributed by atoms with E-state index < -0.39 is 0 Å². The van der Waals surface area contributed by atoms with Crippen LogP contribution in [0.15, 0.2) is 30.3 Å². The molecular weight excluding hydrogens is 320 g/mol. The molecule has 0 bridgehead atoms. The predicted molar refractivity (Wildman–Crippen MR) is 97.3 cm³/mol. The summed E-state index contributed by atoms with van der Waals surface area (Å²) in [6.07, 6.45) is 6.21. The van der Waals surface area contributed by atoms with Crippen LogP contribution in [0.25, 0.3) is 0 Å². The summed E-state index contributed by atoms with van der Waals surface area (Å²) in [5, 5.41) is 6.50. The molecule has 1 aliphatic carbocycles. The molecule has 4 nitrogen and oxygen atoms in total. The van der Waals surface area contributed by atoms with Crippen molar-refractivity contribution in [3.8, 4) is 0 Å². The third kappa shape index (κ3) is 3.16. The van der Waals surface area contributed by atoms with Crippen LogP contribution in [0, 0.1) is 0 Å². The number of rotatable bonds is 3. The van der Waals surface area contributed by atoms with Gasteiger partial charge in [-0.2, -0.15) is 11.8 Å². The number of ether oxygens (including phenoxy) is 1. The Bertz CT molecular complexity index is 582. The second-order valence-corrected chi connectivity index (χ2v) is 8.53. The fourth-order valence-corrected chi connectivity index (χ4v) is 5.60. The van der Waals surface area contributed by atoms with Crippen LogP contribution in [0.5, 0.6) is 0 Å². The molecule has 2 N–H and O–H groups in total. The fourth-order valence-electron chi connectivity index (χ4n) is 4.23. The number of carbonyl (C=O) groups excluding carboxylic acids is 1. The Morgan fingerprint density at radius 3 is 2.71 bits per heavy atom. The second-order valence-electron chi connectivity index (χ2n) is 7.42. The molecule has 2 heterocycles. The second kappa shape index (κ2) is 6.60. The number of hydrogen-bond donors (Lipinski definition) is 2. The van der Waals surface area contributed by atoms with E-state index in [2.05, 4.69) is 34.9 Å². The minimum atomic E-state index is -0.169. The molecule has 2 saturated heterocycles. The van der Waals surface area contributed by atoms with Crippen molar-refractivity contribution in [1.29, 1.82) is 0 Å². The third-order valence-electron chi connectivity index (χ3n) is 5.78. The quantitative estimate of drug-likeness (QED) is 0.882. The first-order valence-electron chi connectivity index (χ1n) is 9.06. The lowest BCUT2D eigenvalue weighted by Gasteiger charge is -2.44. The molecule has 3 fully saturated rings. The Kier molecular flexibility index (Phi) is 4.48. The summed E-state index contributed by atoms with van der Waals surface area (Å²) in [5.41, 5.74) is 1.06. The Labute approximate surface area is 148 Å². The lowest BCUT2D eigenvalue weighted by Crippen LogP contribution is -2.57. The maximum absolute atomic E-state index is 12.6. The van der Waals surface area contributed by atoms with Gasteiger partial charge in [0.2, 0.25) is 0 Å². The lowest BCUT2D eigenvalue weighted by atomic mass is 9.72. The summed E-state index contributed by atoms with van der Waals surface area (Å²) in [6, 6.07) is 10.6. The van der Waals surface area contributed by atoms with Crippen LogP contribution >= 0.6 is 11.8 Å². The number of urea groups is 1. The van der Waals surface area contributed by atoms with E-state index in [1.165, 1.54) is 17.7 Å². The van der Waals surface area contributed by atoms with Gasteiger partial charge < -0.3 is 15.4 Å². The van der Waals surface area contributed by atoms with Gasteiger partial charge in [0.05, 0.1) is 11.1 Å². The van der Waals surface area contributed by atoms with Gasteiger partial charge in [-0.25, -0.2) is 4.79 Å². The van der Waals surface area contributed by atoms with E-state index in [1.54, 1.807) is 0 Å². The number of benzene rings is 1. The molecular formula is C19H26N2O2S. The molecule has 1 saturated carbocycles. The highest BCUT2D eigenvalue weighted by molar-refractivity contribution is 7.99. The van der Waals surface area contributed by atoms with Crippen molar-refractivity contribution in [2.45, 2.75) is 55.7 Å². The van der Waals surface area contributed by atoms with Crippen molar-refractivity contribution in [3.05, 3.63) is 35.9 Å². The molecule has 0 radical (unpaired) electrons.